The van der Waals surface area contributed by atoms with Crippen LogP contribution in [0.4, 0.5) is 4.79 Å². The number of carbonyl (C=O) groups excluding carboxylic acids is 1. The Kier molecular flexibility index (Phi) is 4.61. The van der Waals surface area contributed by atoms with E-state index in [1.54, 1.807) is 0 Å². The largest absolute Gasteiger partial charge is 0.487 e. The number of rotatable bonds is 4. The van der Waals surface area contributed by atoms with Gasteiger partial charge in [-0.15, -0.1) is 0 Å². The van der Waals surface area contributed by atoms with Crippen molar-refractivity contribution in [1.82, 2.24) is 5.32 Å². The van der Waals surface area contributed by atoms with E-state index in [2.05, 4.69) is 32.2 Å². The molecule has 1 saturated carbocycles. The molecule has 0 aromatic heterocycles. The standard InChI is InChI=1S/C22H31NO4/c1-5-10-23-20(24)26-13-22-12-25-19-16-8-6-7-9-17(16)27-21(4,11-14(22)2)18(19)15(22)3/h6-9,14-15,18-19H,5,10-13H2,1-4H3,(H,23,24)/t14-,15-,18+,19+,21-,22-/m0/s1. The van der Waals surface area contributed by atoms with Gasteiger partial charge in [-0.1, -0.05) is 39.0 Å². The van der Waals surface area contributed by atoms with Gasteiger partial charge < -0.3 is 19.5 Å². The third-order valence-electron chi connectivity index (χ3n) is 7.26. The number of benzene rings is 1. The monoisotopic (exact) mass is 373 g/mol. The summed E-state index contributed by atoms with van der Waals surface area (Å²) in [6.45, 7) is 10.4. The van der Waals surface area contributed by atoms with E-state index in [-0.39, 0.29) is 29.1 Å². The predicted octanol–water partition coefficient (Wildman–Crippen LogP) is 4.32. The van der Waals surface area contributed by atoms with Gasteiger partial charge in [0.25, 0.3) is 0 Å². The van der Waals surface area contributed by atoms with Crippen LogP contribution in [0.1, 0.15) is 52.2 Å². The maximum atomic E-state index is 12.0. The number of alkyl carbamates (subject to hydrolysis) is 1. The molecule has 6 atom stereocenters. The van der Waals surface area contributed by atoms with E-state index in [0.717, 1.165) is 24.2 Å². The van der Waals surface area contributed by atoms with Crippen LogP contribution in [-0.4, -0.2) is 31.5 Å². The molecule has 1 saturated heterocycles. The van der Waals surface area contributed by atoms with E-state index >= 15 is 0 Å². The highest BCUT2D eigenvalue weighted by Crippen LogP contribution is 2.63. The lowest BCUT2D eigenvalue weighted by molar-refractivity contribution is -0.259. The van der Waals surface area contributed by atoms with Crippen LogP contribution < -0.4 is 10.1 Å². The summed E-state index contributed by atoms with van der Waals surface area (Å²) in [6.07, 6.45) is 1.56. The minimum atomic E-state index is -0.327. The third-order valence-corrected chi connectivity index (χ3v) is 7.26. The summed E-state index contributed by atoms with van der Waals surface area (Å²) in [7, 11) is 0. The van der Waals surface area contributed by atoms with Crippen molar-refractivity contribution in [2.24, 2.45) is 23.2 Å². The number of ether oxygens (including phenoxy) is 3. The van der Waals surface area contributed by atoms with Gasteiger partial charge in [0.1, 0.15) is 18.0 Å². The quantitative estimate of drug-likeness (QED) is 0.854. The zero-order valence-electron chi connectivity index (χ0n) is 16.8. The number of nitrogens with one attached hydrogen (secondary N) is 1. The number of para-hydroxylation sites is 1. The number of carbonyl (C=O) groups is 1. The van der Waals surface area contributed by atoms with Crippen molar-refractivity contribution < 1.29 is 19.0 Å². The molecule has 1 aliphatic carbocycles. The van der Waals surface area contributed by atoms with Gasteiger partial charge in [0.2, 0.25) is 0 Å². The average Bonchev–Trinajstić information content (AvgIpc) is 2.64. The van der Waals surface area contributed by atoms with Crippen molar-refractivity contribution in [2.75, 3.05) is 19.8 Å². The van der Waals surface area contributed by atoms with Gasteiger partial charge in [-0.05, 0) is 37.7 Å². The Balaban J connectivity index is 1.61. The van der Waals surface area contributed by atoms with E-state index in [9.17, 15) is 4.79 Å². The molecular formula is C22H31NO4. The summed E-state index contributed by atoms with van der Waals surface area (Å²) in [6, 6.07) is 8.24. The van der Waals surface area contributed by atoms with Crippen molar-refractivity contribution in [1.29, 1.82) is 0 Å². The van der Waals surface area contributed by atoms with E-state index in [0.29, 0.717) is 31.6 Å². The number of amides is 1. The Morgan fingerprint density at radius 2 is 2.11 bits per heavy atom. The predicted molar refractivity (Wildman–Crippen MR) is 103 cm³/mol. The Morgan fingerprint density at radius 3 is 2.89 bits per heavy atom. The minimum absolute atomic E-state index is 0.0458. The van der Waals surface area contributed by atoms with Gasteiger partial charge in [0, 0.05) is 23.4 Å². The number of fused-ring (bicyclic) bond motifs is 3. The number of hydrogen-bond acceptors (Lipinski definition) is 4. The smallest absolute Gasteiger partial charge is 0.407 e. The number of hydrogen-bond donors (Lipinski definition) is 1. The molecular weight excluding hydrogens is 342 g/mol. The molecule has 1 N–H and O–H groups in total. The van der Waals surface area contributed by atoms with Crippen molar-refractivity contribution in [3.63, 3.8) is 0 Å². The van der Waals surface area contributed by atoms with Crippen LogP contribution in [0.2, 0.25) is 0 Å². The summed E-state index contributed by atoms with van der Waals surface area (Å²) in [5.74, 6) is 1.86. The van der Waals surface area contributed by atoms with Gasteiger partial charge >= 0.3 is 6.09 Å². The first-order valence-corrected chi connectivity index (χ1v) is 10.2. The van der Waals surface area contributed by atoms with Gasteiger partial charge in [-0.2, -0.15) is 0 Å². The van der Waals surface area contributed by atoms with Gasteiger partial charge in [0.05, 0.1) is 12.7 Å². The zero-order chi connectivity index (χ0) is 19.2. The lowest BCUT2D eigenvalue weighted by Crippen LogP contribution is -2.66. The van der Waals surface area contributed by atoms with Crippen molar-refractivity contribution in [3.8, 4) is 5.75 Å². The van der Waals surface area contributed by atoms with Crippen molar-refractivity contribution >= 4 is 6.09 Å². The average molecular weight is 373 g/mol. The topological polar surface area (TPSA) is 56.8 Å². The second-order valence-corrected chi connectivity index (χ2v) is 8.84. The molecule has 1 aromatic carbocycles. The molecule has 2 aliphatic heterocycles. The molecule has 2 bridgehead atoms. The molecule has 2 heterocycles. The Hall–Kier alpha value is -1.75. The maximum absolute atomic E-state index is 12.0. The molecule has 5 nitrogen and oxygen atoms in total. The molecule has 5 heteroatoms. The van der Waals surface area contributed by atoms with Crippen molar-refractivity contribution in [2.45, 2.75) is 52.2 Å². The molecule has 0 radical (unpaired) electrons. The minimum Gasteiger partial charge on any atom is -0.487 e. The Bertz CT molecular complexity index is 722. The summed E-state index contributed by atoms with van der Waals surface area (Å²) in [5, 5.41) is 2.81. The summed E-state index contributed by atoms with van der Waals surface area (Å²) >= 11 is 0. The fourth-order valence-electron chi connectivity index (χ4n) is 5.73. The fourth-order valence-corrected chi connectivity index (χ4v) is 5.73. The van der Waals surface area contributed by atoms with Gasteiger partial charge in [-0.3, -0.25) is 0 Å². The molecule has 27 heavy (non-hydrogen) atoms. The molecule has 2 fully saturated rings. The van der Waals surface area contributed by atoms with Crippen molar-refractivity contribution in [3.05, 3.63) is 29.8 Å². The molecule has 4 rings (SSSR count). The normalized spacial score (nSPS) is 39.1. The maximum Gasteiger partial charge on any atom is 0.407 e. The molecule has 148 valence electrons. The first kappa shape index (κ1) is 18.6. The Morgan fingerprint density at radius 1 is 1.33 bits per heavy atom. The lowest BCUT2D eigenvalue weighted by atomic mass is 9.50. The lowest BCUT2D eigenvalue weighted by Gasteiger charge is -2.63. The van der Waals surface area contributed by atoms with Gasteiger partial charge in [0.15, 0.2) is 0 Å². The molecule has 3 aliphatic rings. The first-order valence-electron chi connectivity index (χ1n) is 10.2. The van der Waals surface area contributed by atoms with Crippen LogP contribution in [0.3, 0.4) is 0 Å². The molecule has 1 amide bonds. The van der Waals surface area contributed by atoms with E-state index in [1.165, 1.54) is 0 Å². The highest BCUT2D eigenvalue weighted by Gasteiger charge is 2.64. The summed E-state index contributed by atoms with van der Waals surface area (Å²) in [4.78, 5) is 12.0. The highest BCUT2D eigenvalue weighted by atomic mass is 16.6. The van der Waals surface area contributed by atoms with Crippen LogP contribution in [0.25, 0.3) is 0 Å². The molecule has 0 unspecified atom stereocenters. The molecule has 1 aromatic rings. The second-order valence-electron chi connectivity index (χ2n) is 8.84. The zero-order valence-corrected chi connectivity index (χ0v) is 16.8. The fraction of sp³-hybridized carbons (Fsp3) is 0.682. The van der Waals surface area contributed by atoms with Crippen LogP contribution in [0.15, 0.2) is 24.3 Å². The first-order chi connectivity index (χ1) is 12.9. The Labute approximate surface area is 161 Å². The summed E-state index contributed by atoms with van der Waals surface area (Å²) < 4.78 is 18.7. The SMILES string of the molecule is CCCNC(=O)OC[C@@]12CO[C@@H]3c4ccccc4O[C@@](C)(C[C@@H]1C)[C@@H]3[C@@H]2C. The van der Waals surface area contributed by atoms with E-state index in [1.807, 2.05) is 25.1 Å². The van der Waals surface area contributed by atoms with Crippen LogP contribution in [0, 0.1) is 23.2 Å². The van der Waals surface area contributed by atoms with Crippen LogP contribution in [-0.2, 0) is 9.47 Å². The van der Waals surface area contributed by atoms with E-state index in [4.69, 9.17) is 14.2 Å². The van der Waals surface area contributed by atoms with E-state index < -0.39 is 0 Å². The van der Waals surface area contributed by atoms with Crippen LogP contribution in [0.5, 0.6) is 5.75 Å². The second kappa shape index (κ2) is 6.69. The third kappa shape index (κ3) is 2.82. The van der Waals surface area contributed by atoms with Crippen LogP contribution >= 0.6 is 0 Å². The van der Waals surface area contributed by atoms with Gasteiger partial charge in [-0.25, -0.2) is 4.79 Å². The summed E-state index contributed by atoms with van der Waals surface area (Å²) in [5.41, 5.74) is 0.725. The highest BCUT2D eigenvalue weighted by molar-refractivity contribution is 5.67. The molecule has 0 spiro atoms.